The van der Waals surface area contributed by atoms with Crippen LogP contribution in [-0.4, -0.2) is 49.4 Å². The fraction of sp³-hybridized carbons (Fsp3) is 0.300. The van der Waals surface area contributed by atoms with Gasteiger partial charge in [0.2, 0.25) is 5.91 Å². The smallest absolute Gasteiger partial charge is 0.383 e. The molecule has 0 aliphatic rings. The number of carbonyl (C=O) groups excluding carboxylic acids is 1. The third-order valence-electron chi connectivity index (χ3n) is 4.40. The Morgan fingerprint density at radius 2 is 1.80 bits per heavy atom. The zero-order valence-electron chi connectivity index (χ0n) is 19.1. The van der Waals surface area contributed by atoms with E-state index in [0.717, 1.165) is 18.0 Å². The van der Waals surface area contributed by atoms with Gasteiger partial charge in [0.25, 0.3) is 0 Å². The van der Waals surface area contributed by atoms with Crippen LogP contribution in [0.5, 0.6) is 5.75 Å². The number of benzene rings is 1. The summed E-state index contributed by atoms with van der Waals surface area (Å²) < 4.78 is 38.9. The van der Waals surface area contributed by atoms with Crippen molar-refractivity contribution < 1.29 is 31.7 Å². The van der Waals surface area contributed by atoms with Crippen molar-refractivity contribution in [2.45, 2.75) is 23.6 Å². The predicted molar refractivity (Wildman–Crippen MR) is 128 cm³/mol. The summed E-state index contributed by atoms with van der Waals surface area (Å²) in [6.07, 6.45) is 1.18. The van der Waals surface area contributed by atoms with Gasteiger partial charge in [-0.25, -0.2) is 9.55 Å². The van der Waals surface area contributed by atoms with Crippen molar-refractivity contribution in [3.05, 3.63) is 46.5 Å². The van der Waals surface area contributed by atoms with E-state index in [0.29, 0.717) is 12.0 Å². The second-order valence-corrected chi connectivity index (χ2v) is 11.3. The van der Waals surface area contributed by atoms with E-state index in [-0.39, 0.29) is 33.3 Å². The Morgan fingerprint density at radius 3 is 2.23 bits per heavy atom. The summed E-state index contributed by atoms with van der Waals surface area (Å²) in [5.41, 5.74) is 0.908. The Balaban J connectivity index is 2.66. The molecule has 186 valence electrons. The normalized spacial score (nSPS) is 12.2. The molecule has 35 heavy (non-hydrogen) atoms. The number of hydrogen-bond donors (Lipinski definition) is 3. The van der Waals surface area contributed by atoms with Gasteiger partial charge in [0, 0.05) is 14.1 Å². The average molecular weight is 540 g/mol. The van der Waals surface area contributed by atoms with Crippen molar-refractivity contribution in [1.29, 1.82) is 10.5 Å². The molecule has 0 bridgehead atoms. The van der Waals surface area contributed by atoms with Crippen molar-refractivity contribution in [3.8, 4) is 17.9 Å². The van der Waals surface area contributed by atoms with Gasteiger partial charge in [-0.3, -0.25) is 9.88 Å². The third kappa shape index (κ3) is 7.42. The molecule has 3 N–H and O–H groups in total. The first-order valence-electron chi connectivity index (χ1n) is 9.78. The second-order valence-electron chi connectivity index (χ2n) is 7.32. The number of carbonyl (C=O) groups is 1. The van der Waals surface area contributed by atoms with Crippen LogP contribution in [0.2, 0.25) is 0 Å². The highest BCUT2D eigenvalue weighted by molar-refractivity contribution is 8.00. The number of pyridine rings is 1. The zero-order chi connectivity index (χ0) is 26.6. The molecule has 0 saturated carbocycles. The SMILES string of the molecule is CCc1c(C#N)c(S[C@H](C(=O)NP(=O)(O)O)c2ccc(OS(C)(=O)=O)cc2)nc(N(C)C)c1C#N. The molecule has 0 aliphatic carbocycles. The number of aromatic nitrogens is 1. The molecule has 1 aromatic heterocycles. The van der Waals surface area contributed by atoms with E-state index in [2.05, 4.69) is 11.1 Å². The van der Waals surface area contributed by atoms with Crippen LogP contribution in [0.4, 0.5) is 5.82 Å². The molecular weight excluding hydrogens is 517 g/mol. The molecule has 0 fully saturated rings. The summed E-state index contributed by atoms with van der Waals surface area (Å²) in [6.45, 7) is 1.75. The fourth-order valence-corrected chi connectivity index (χ4v) is 5.12. The first-order chi connectivity index (χ1) is 16.2. The van der Waals surface area contributed by atoms with Gasteiger partial charge in [0.15, 0.2) is 0 Å². The van der Waals surface area contributed by atoms with Gasteiger partial charge in [0.1, 0.15) is 34.0 Å². The Morgan fingerprint density at radius 1 is 1.23 bits per heavy atom. The predicted octanol–water partition coefficient (Wildman–Crippen LogP) is 1.83. The lowest BCUT2D eigenvalue weighted by atomic mass is 10.0. The molecule has 1 aromatic carbocycles. The molecule has 0 radical (unpaired) electrons. The van der Waals surface area contributed by atoms with Crippen molar-refractivity contribution >= 4 is 41.4 Å². The van der Waals surface area contributed by atoms with Gasteiger partial charge in [0.05, 0.1) is 17.4 Å². The molecule has 1 heterocycles. The van der Waals surface area contributed by atoms with Gasteiger partial charge in [-0.2, -0.15) is 18.9 Å². The number of nitriles is 2. The Bertz CT molecular complexity index is 1360. The highest BCUT2D eigenvalue weighted by atomic mass is 32.2. The molecule has 0 unspecified atom stereocenters. The quantitative estimate of drug-likeness (QED) is 0.238. The maximum Gasteiger partial charge on any atom is 0.429 e. The highest BCUT2D eigenvalue weighted by Gasteiger charge is 2.30. The number of thioether (sulfide) groups is 1. The third-order valence-corrected chi connectivity index (χ3v) is 6.65. The number of rotatable bonds is 9. The largest absolute Gasteiger partial charge is 0.429 e. The van der Waals surface area contributed by atoms with Crippen LogP contribution in [0.3, 0.4) is 0 Å². The topological polar surface area (TPSA) is 194 Å². The van der Waals surface area contributed by atoms with Crippen LogP contribution < -0.4 is 14.2 Å². The summed E-state index contributed by atoms with van der Waals surface area (Å²) in [7, 11) is -5.46. The Kier molecular flexibility index (Phi) is 8.89. The van der Waals surface area contributed by atoms with Crippen molar-refractivity contribution in [1.82, 2.24) is 10.1 Å². The summed E-state index contributed by atoms with van der Waals surface area (Å²) in [5.74, 6) is -0.843. The number of anilines is 1. The fourth-order valence-electron chi connectivity index (χ4n) is 3.05. The lowest BCUT2D eigenvalue weighted by Crippen LogP contribution is -2.25. The molecule has 0 spiro atoms. The highest BCUT2D eigenvalue weighted by Crippen LogP contribution is 2.41. The maximum absolute atomic E-state index is 12.8. The van der Waals surface area contributed by atoms with E-state index in [1.54, 1.807) is 31.0 Å². The second kappa shape index (κ2) is 11.1. The minimum atomic E-state index is -4.96. The van der Waals surface area contributed by atoms with Crippen molar-refractivity contribution in [2.24, 2.45) is 0 Å². The van der Waals surface area contributed by atoms with Crippen LogP contribution >= 0.6 is 19.5 Å². The molecule has 15 heteroatoms. The summed E-state index contributed by atoms with van der Waals surface area (Å²) in [5, 5.41) is 19.8. The van der Waals surface area contributed by atoms with E-state index in [4.69, 9.17) is 4.18 Å². The number of nitrogens with zero attached hydrogens (tertiary/aromatic N) is 4. The molecule has 12 nitrogen and oxygen atoms in total. The Labute approximate surface area is 206 Å². The minimum Gasteiger partial charge on any atom is -0.383 e. The van der Waals surface area contributed by atoms with E-state index < -0.39 is 29.0 Å². The molecule has 2 aromatic rings. The van der Waals surface area contributed by atoms with E-state index in [1.807, 2.05) is 6.07 Å². The summed E-state index contributed by atoms with van der Waals surface area (Å²) in [4.78, 5) is 37.3. The number of amides is 1. The molecule has 0 saturated heterocycles. The van der Waals surface area contributed by atoms with Crippen LogP contribution in [0.15, 0.2) is 29.3 Å². The van der Waals surface area contributed by atoms with Gasteiger partial charge in [-0.15, -0.1) is 0 Å². The minimum absolute atomic E-state index is 0.0345. The number of nitrogens with one attached hydrogen (secondary N) is 1. The molecular formula is C20H22N5O7PS2. The lowest BCUT2D eigenvalue weighted by molar-refractivity contribution is -0.119. The van der Waals surface area contributed by atoms with Crippen LogP contribution in [0, 0.1) is 22.7 Å². The number of hydrogen-bond acceptors (Lipinski definition) is 10. The van der Waals surface area contributed by atoms with Crippen LogP contribution in [-0.2, 0) is 25.9 Å². The van der Waals surface area contributed by atoms with Gasteiger partial charge < -0.3 is 18.9 Å². The van der Waals surface area contributed by atoms with E-state index in [1.165, 1.54) is 24.3 Å². The van der Waals surface area contributed by atoms with Crippen LogP contribution in [0.1, 0.15) is 34.4 Å². The molecule has 1 amide bonds. The van der Waals surface area contributed by atoms with Crippen LogP contribution in [0.25, 0.3) is 0 Å². The summed E-state index contributed by atoms with van der Waals surface area (Å²) >= 11 is 0.757. The van der Waals surface area contributed by atoms with Crippen molar-refractivity contribution in [3.63, 3.8) is 0 Å². The standard InChI is InChI=1S/C20H22N5O7PS2/c1-5-14-15(10-21)18(25(2)3)23-20(16(14)11-22)34-17(19(26)24-33(27,28)29)12-6-8-13(9-7-12)32-35(4,30)31/h6-9,17H,5H2,1-4H3,(H3,24,26,27,28,29)/t17-/m0/s1. The molecule has 2 rings (SSSR count). The molecule has 0 aliphatic heterocycles. The molecule has 1 atom stereocenters. The van der Waals surface area contributed by atoms with Gasteiger partial charge >= 0.3 is 17.9 Å². The average Bonchev–Trinajstić information content (AvgIpc) is 2.74. The first kappa shape index (κ1) is 28.1. The van der Waals surface area contributed by atoms with E-state index in [9.17, 15) is 38.1 Å². The monoisotopic (exact) mass is 539 g/mol. The van der Waals surface area contributed by atoms with E-state index >= 15 is 0 Å². The lowest BCUT2D eigenvalue weighted by Gasteiger charge is -2.21. The Hall–Kier alpha value is -3.13. The summed E-state index contributed by atoms with van der Waals surface area (Å²) in [6, 6.07) is 9.30. The van der Waals surface area contributed by atoms with Crippen molar-refractivity contribution in [2.75, 3.05) is 25.3 Å². The zero-order valence-corrected chi connectivity index (χ0v) is 21.6. The maximum atomic E-state index is 12.8. The van der Waals surface area contributed by atoms with Gasteiger partial charge in [-0.05, 0) is 29.7 Å². The van der Waals surface area contributed by atoms with Gasteiger partial charge in [-0.1, -0.05) is 30.8 Å². The first-order valence-corrected chi connectivity index (χ1v) is 14.1.